The fraction of sp³-hybridized carbons (Fsp3) is 0.625. The Morgan fingerprint density at radius 1 is 1.00 bits per heavy atom. The van der Waals surface area contributed by atoms with Crippen molar-refractivity contribution in [3.63, 3.8) is 0 Å². The number of rotatable bonds is 9. The van der Waals surface area contributed by atoms with Crippen LogP contribution < -0.4 is 9.47 Å². The molecule has 0 saturated heterocycles. The highest BCUT2D eigenvalue weighted by molar-refractivity contribution is 6.31. The first-order chi connectivity index (χ1) is 10.0. The Morgan fingerprint density at radius 3 is 2.10 bits per heavy atom. The van der Waals surface area contributed by atoms with Gasteiger partial charge in [-0.1, -0.05) is 18.5 Å². The van der Waals surface area contributed by atoms with Crippen molar-refractivity contribution in [1.29, 1.82) is 0 Å². The van der Waals surface area contributed by atoms with E-state index in [1.165, 1.54) is 0 Å². The first-order valence-corrected chi connectivity index (χ1v) is 7.85. The zero-order valence-electron chi connectivity index (χ0n) is 12.9. The van der Waals surface area contributed by atoms with Gasteiger partial charge in [-0.3, -0.25) is 0 Å². The van der Waals surface area contributed by atoms with Crippen LogP contribution in [0.2, 0.25) is 5.02 Å². The predicted octanol–water partition coefficient (Wildman–Crippen LogP) is 3.20. The van der Waals surface area contributed by atoms with Gasteiger partial charge in [-0.05, 0) is 44.7 Å². The average molecular weight is 317 g/mol. The van der Waals surface area contributed by atoms with E-state index in [9.17, 15) is 10.2 Å². The number of aliphatic hydroxyl groups is 2. The molecular weight excluding hydrogens is 292 g/mol. The second-order valence-electron chi connectivity index (χ2n) is 4.84. The second-order valence-corrected chi connectivity index (χ2v) is 5.25. The molecule has 1 aromatic rings. The highest BCUT2D eigenvalue weighted by atomic mass is 35.5. The number of hydrogen-bond donors (Lipinski definition) is 2. The van der Waals surface area contributed by atoms with E-state index in [2.05, 4.69) is 0 Å². The number of aryl methyl sites for hydroxylation is 1. The van der Waals surface area contributed by atoms with Gasteiger partial charge in [0, 0.05) is 11.1 Å². The molecule has 0 amide bonds. The summed E-state index contributed by atoms with van der Waals surface area (Å²) in [6.45, 7) is 6.73. The highest BCUT2D eigenvalue weighted by Gasteiger charge is 2.16. The molecular formula is C16H25ClO4. The molecule has 0 spiro atoms. The van der Waals surface area contributed by atoms with Crippen molar-refractivity contribution in [1.82, 2.24) is 0 Å². The smallest absolute Gasteiger partial charge is 0.162 e. The molecule has 2 atom stereocenters. The first-order valence-electron chi connectivity index (χ1n) is 7.47. The maximum absolute atomic E-state index is 9.83. The van der Waals surface area contributed by atoms with Crippen LogP contribution in [0.3, 0.4) is 0 Å². The number of hydrogen-bond acceptors (Lipinski definition) is 4. The van der Waals surface area contributed by atoms with Crippen molar-refractivity contribution in [2.45, 2.75) is 52.2 Å². The van der Waals surface area contributed by atoms with Crippen molar-refractivity contribution in [3.05, 3.63) is 22.7 Å². The van der Waals surface area contributed by atoms with Crippen molar-refractivity contribution in [2.24, 2.45) is 0 Å². The third-order valence-corrected chi connectivity index (χ3v) is 3.64. The van der Waals surface area contributed by atoms with E-state index in [1.54, 1.807) is 6.07 Å². The zero-order chi connectivity index (χ0) is 15.8. The van der Waals surface area contributed by atoms with Crippen molar-refractivity contribution in [3.8, 4) is 11.5 Å². The molecule has 4 nitrogen and oxygen atoms in total. The van der Waals surface area contributed by atoms with Crippen molar-refractivity contribution >= 4 is 11.6 Å². The predicted molar refractivity (Wildman–Crippen MR) is 84.4 cm³/mol. The molecule has 120 valence electrons. The summed E-state index contributed by atoms with van der Waals surface area (Å²) in [6, 6.07) is 3.59. The van der Waals surface area contributed by atoms with Gasteiger partial charge in [0.15, 0.2) is 11.5 Å². The van der Waals surface area contributed by atoms with Crippen LogP contribution in [-0.2, 0) is 6.42 Å². The van der Waals surface area contributed by atoms with Crippen LogP contribution in [0.4, 0.5) is 0 Å². The Balaban J connectivity index is 2.84. The van der Waals surface area contributed by atoms with Gasteiger partial charge in [0.25, 0.3) is 0 Å². The van der Waals surface area contributed by atoms with Gasteiger partial charge in [0.1, 0.15) is 0 Å². The quantitative estimate of drug-likeness (QED) is 0.734. The zero-order valence-corrected chi connectivity index (χ0v) is 13.7. The van der Waals surface area contributed by atoms with Crippen LogP contribution in [0.5, 0.6) is 11.5 Å². The Morgan fingerprint density at radius 2 is 1.57 bits per heavy atom. The number of halogens is 1. The molecule has 2 unspecified atom stereocenters. The molecule has 0 aliphatic rings. The standard InChI is InChI=1S/C16H25ClO4/c1-4-13(18)14(19)8-7-11-9-15(20-5-2)16(21-6-3)10-12(11)17/h9-10,13-14,18-19H,4-8H2,1-3H3. The minimum Gasteiger partial charge on any atom is -0.490 e. The van der Waals surface area contributed by atoms with E-state index in [0.717, 1.165) is 5.56 Å². The third-order valence-electron chi connectivity index (χ3n) is 3.28. The van der Waals surface area contributed by atoms with Crippen LogP contribution in [0.15, 0.2) is 12.1 Å². The van der Waals surface area contributed by atoms with E-state index < -0.39 is 12.2 Å². The Hall–Kier alpha value is -0.970. The molecule has 2 N–H and O–H groups in total. The number of benzene rings is 1. The van der Waals surface area contributed by atoms with Gasteiger partial charge in [-0.15, -0.1) is 0 Å². The average Bonchev–Trinajstić information content (AvgIpc) is 2.47. The maximum Gasteiger partial charge on any atom is 0.162 e. The largest absolute Gasteiger partial charge is 0.490 e. The summed E-state index contributed by atoms with van der Waals surface area (Å²) in [4.78, 5) is 0. The summed E-state index contributed by atoms with van der Waals surface area (Å²) in [7, 11) is 0. The molecule has 0 bridgehead atoms. The fourth-order valence-electron chi connectivity index (χ4n) is 2.07. The van der Waals surface area contributed by atoms with E-state index >= 15 is 0 Å². The summed E-state index contributed by atoms with van der Waals surface area (Å²) < 4.78 is 11.1. The molecule has 0 saturated carbocycles. The molecule has 1 rings (SSSR count). The van der Waals surface area contributed by atoms with Crippen LogP contribution in [0, 0.1) is 0 Å². The first kappa shape index (κ1) is 18.1. The lowest BCUT2D eigenvalue weighted by atomic mass is 10.0. The van der Waals surface area contributed by atoms with Gasteiger partial charge >= 0.3 is 0 Å². The summed E-state index contributed by atoms with van der Waals surface area (Å²) in [5, 5.41) is 20.0. The molecule has 0 aliphatic carbocycles. The number of ether oxygens (including phenoxy) is 2. The lowest BCUT2D eigenvalue weighted by Gasteiger charge is -2.17. The van der Waals surface area contributed by atoms with Gasteiger partial charge in [0.05, 0.1) is 25.4 Å². The third kappa shape index (κ3) is 5.38. The number of aliphatic hydroxyl groups excluding tert-OH is 2. The van der Waals surface area contributed by atoms with Crippen molar-refractivity contribution < 1.29 is 19.7 Å². The van der Waals surface area contributed by atoms with Gasteiger partial charge in [-0.25, -0.2) is 0 Å². The second kappa shape index (κ2) is 9.13. The van der Waals surface area contributed by atoms with E-state index in [4.69, 9.17) is 21.1 Å². The molecule has 0 aliphatic heterocycles. The molecule has 21 heavy (non-hydrogen) atoms. The van der Waals surface area contributed by atoms with Gasteiger partial charge < -0.3 is 19.7 Å². The molecule has 0 aromatic heterocycles. The monoisotopic (exact) mass is 316 g/mol. The molecule has 0 fully saturated rings. The molecule has 0 radical (unpaired) electrons. The molecule has 0 heterocycles. The highest BCUT2D eigenvalue weighted by Crippen LogP contribution is 2.34. The molecule has 5 heteroatoms. The fourth-order valence-corrected chi connectivity index (χ4v) is 2.32. The lowest BCUT2D eigenvalue weighted by Crippen LogP contribution is -2.25. The summed E-state index contributed by atoms with van der Waals surface area (Å²) in [5.41, 5.74) is 0.880. The van der Waals surface area contributed by atoms with E-state index in [0.29, 0.717) is 49.0 Å². The summed E-state index contributed by atoms with van der Waals surface area (Å²) in [6.07, 6.45) is 0.117. The van der Waals surface area contributed by atoms with Crippen molar-refractivity contribution in [2.75, 3.05) is 13.2 Å². The van der Waals surface area contributed by atoms with E-state index in [-0.39, 0.29) is 0 Å². The lowest BCUT2D eigenvalue weighted by molar-refractivity contribution is 0.0130. The minimum atomic E-state index is -0.742. The SMILES string of the molecule is CCOc1cc(Cl)c(CCC(O)C(O)CC)cc1OCC. The topological polar surface area (TPSA) is 58.9 Å². The Kier molecular flexibility index (Phi) is 7.86. The summed E-state index contributed by atoms with van der Waals surface area (Å²) in [5.74, 6) is 1.28. The van der Waals surface area contributed by atoms with Gasteiger partial charge in [0.2, 0.25) is 0 Å². The van der Waals surface area contributed by atoms with E-state index in [1.807, 2.05) is 26.8 Å². The Bertz CT molecular complexity index is 437. The normalized spacial score (nSPS) is 13.8. The van der Waals surface area contributed by atoms with Crippen LogP contribution in [-0.4, -0.2) is 35.6 Å². The minimum absolute atomic E-state index is 0.453. The van der Waals surface area contributed by atoms with Crippen LogP contribution >= 0.6 is 11.6 Å². The van der Waals surface area contributed by atoms with Crippen LogP contribution in [0.25, 0.3) is 0 Å². The van der Waals surface area contributed by atoms with Crippen LogP contribution in [0.1, 0.15) is 39.2 Å². The molecule has 1 aromatic carbocycles. The van der Waals surface area contributed by atoms with Gasteiger partial charge in [-0.2, -0.15) is 0 Å². The summed E-state index contributed by atoms with van der Waals surface area (Å²) >= 11 is 6.25. The Labute approximate surface area is 131 Å². The maximum atomic E-state index is 9.83.